The highest BCUT2D eigenvalue weighted by Gasteiger charge is 2.32. The molecule has 1 aromatic heterocycles. The first-order chi connectivity index (χ1) is 10.1. The molecule has 108 valence electrons. The number of benzene rings is 1. The van der Waals surface area contributed by atoms with E-state index < -0.39 is 6.10 Å². The van der Waals surface area contributed by atoms with Gasteiger partial charge in [0.2, 0.25) is 0 Å². The highest BCUT2D eigenvalue weighted by molar-refractivity contribution is 5.99. The number of carbonyl (C=O) groups excluding carboxylic acids is 2. The Kier molecular flexibility index (Phi) is 3.33. The molecule has 1 aliphatic heterocycles. The van der Waals surface area contributed by atoms with E-state index in [1.165, 1.54) is 0 Å². The second-order valence-corrected chi connectivity index (χ2v) is 5.07. The maximum Gasteiger partial charge on any atom is 0.339 e. The van der Waals surface area contributed by atoms with Gasteiger partial charge in [0.1, 0.15) is 6.10 Å². The van der Waals surface area contributed by atoms with Crippen molar-refractivity contribution in [3.05, 3.63) is 52.8 Å². The van der Waals surface area contributed by atoms with Crippen LogP contribution in [-0.4, -0.2) is 21.5 Å². The standard InChI is InChI=1S/C16H16N2O3/c1-3-18-10(2)13(9-17-18)14(19)8-15-11-6-4-5-7-12(11)16(20)21-15/h4-7,9,15H,3,8H2,1-2H3/t15-/m0/s1. The van der Waals surface area contributed by atoms with Crippen molar-refractivity contribution in [1.29, 1.82) is 0 Å². The molecule has 5 nitrogen and oxygen atoms in total. The summed E-state index contributed by atoms with van der Waals surface area (Å²) in [6.45, 7) is 4.57. The molecular formula is C16H16N2O3. The minimum Gasteiger partial charge on any atom is -0.453 e. The van der Waals surface area contributed by atoms with Gasteiger partial charge in [-0.25, -0.2) is 4.79 Å². The van der Waals surface area contributed by atoms with Gasteiger partial charge in [0.25, 0.3) is 0 Å². The zero-order chi connectivity index (χ0) is 15.0. The quantitative estimate of drug-likeness (QED) is 0.639. The molecule has 0 aliphatic carbocycles. The number of ketones is 1. The highest BCUT2D eigenvalue weighted by atomic mass is 16.5. The highest BCUT2D eigenvalue weighted by Crippen LogP contribution is 2.33. The van der Waals surface area contributed by atoms with Gasteiger partial charge < -0.3 is 4.74 Å². The topological polar surface area (TPSA) is 61.2 Å². The molecule has 0 bridgehead atoms. The fraction of sp³-hybridized carbons (Fsp3) is 0.312. The van der Waals surface area contributed by atoms with Gasteiger partial charge in [-0.15, -0.1) is 0 Å². The van der Waals surface area contributed by atoms with Crippen molar-refractivity contribution < 1.29 is 14.3 Å². The van der Waals surface area contributed by atoms with Crippen LogP contribution in [0.25, 0.3) is 0 Å². The van der Waals surface area contributed by atoms with Crippen LogP contribution < -0.4 is 0 Å². The first kappa shape index (κ1) is 13.5. The van der Waals surface area contributed by atoms with Crippen LogP contribution in [0.1, 0.15) is 51.4 Å². The molecule has 0 saturated carbocycles. The van der Waals surface area contributed by atoms with Crippen molar-refractivity contribution in [2.45, 2.75) is 32.9 Å². The van der Waals surface area contributed by atoms with Gasteiger partial charge in [0.05, 0.1) is 23.7 Å². The Balaban J connectivity index is 1.83. The lowest BCUT2D eigenvalue weighted by molar-refractivity contribution is 0.0367. The van der Waals surface area contributed by atoms with Crippen LogP contribution in [0.3, 0.4) is 0 Å². The van der Waals surface area contributed by atoms with Gasteiger partial charge in [0.15, 0.2) is 5.78 Å². The zero-order valence-corrected chi connectivity index (χ0v) is 12.0. The smallest absolute Gasteiger partial charge is 0.339 e. The first-order valence-electron chi connectivity index (χ1n) is 6.97. The van der Waals surface area contributed by atoms with E-state index in [0.29, 0.717) is 11.1 Å². The number of rotatable bonds is 4. The second-order valence-electron chi connectivity index (χ2n) is 5.07. The summed E-state index contributed by atoms with van der Waals surface area (Å²) in [6, 6.07) is 7.20. The van der Waals surface area contributed by atoms with Crippen LogP contribution in [0, 0.1) is 6.92 Å². The van der Waals surface area contributed by atoms with Crippen molar-refractivity contribution in [2.24, 2.45) is 0 Å². The monoisotopic (exact) mass is 284 g/mol. The molecule has 1 atom stereocenters. The molecule has 2 heterocycles. The second kappa shape index (κ2) is 5.16. The van der Waals surface area contributed by atoms with Gasteiger partial charge in [0, 0.05) is 17.8 Å². The van der Waals surface area contributed by atoms with E-state index in [0.717, 1.165) is 17.8 Å². The Morgan fingerprint density at radius 2 is 2.14 bits per heavy atom. The Morgan fingerprint density at radius 3 is 2.86 bits per heavy atom. The van der Waals surface area contributed by atoms with Crippen LogP contribution in [-0.2, 0) is 11.3 Å². The summed E-state index contributed by atoms with van der Waals surface area (Å²) >= 11 is 0. The zero-order valence-electron chi connectivity index (χ0n) is 12.0. The Bertz CT molecular complexity index is 718. The minimum absolute atomic E-state index is 0.0540. The van der Waals surface area contributed by atoms with Crippen molar-refractivity contribution in [3.63, 3.8) is 0 Å². The van der Waals surface area contributed by atoms with E-state index in [-0.39, 0.29) is 18.2 Å². The first-order valence-corrected chi connectivity index (χ1v) is 6.97. The van der Waals surface area contributed by atoms with Gasteiger partial charge >= 0.3 is 5.97 Å². The lowest BCUT2D eigenvalue weighted by Gasteiger charge is -2.09. The van der Waals surface area contributed by atoms with Crippen LogP contribution >= 0.6 is 0 Å². The molecule has 21 heavy (non-hydrogen) atoms. The van der Waals surface area contributed by atoms with Gasteiger partial charge in [-0.3, -0.25) is 9.48 Å². The van der Waals surface area contributed by atoms with Crippen LogP contribution in [0.4, 0.5) is 0 Å². The SMILES string of the molecule is CCn1ncc(C(=O)C[C@@H]2OC(=O)c3ccccc32)c1C. The van der Waals surface area contributed by atoms with E-state index in [2.05, 4.69) is 5.10 Å². The summed E-state index contributed by atoms with van der Waals surface area (Å²) in [7, 11) is 0. The molecule has 0 N–H and O–H groups in total. The van der Waals surface area contributed by atoms with E-state index >= 15 is 0 Å². The van der Waals surface area contributed by atoms with E-state index in [4.69, 9.17) is 4.74 Å². The fourth-order valence-electron chi connectivity index (χ4n) is 2.69. The summed E-state index contributed by atoms with van der Waals surface area (Å²) in [6.07, 6.45) is 1.24. The van der Waals surface area contributed by atoms with E-state index in [1.54, 1.807) is 23.0 Å². The maximum absolute atomic E-state index is 12.4. The van der Waals surface area contributed by atoms with E-state index in [1.807, 2.05) is 26.0 Å². The number of fused-ring (bicyclic) bond motifs is 1. The van der Waals surface area contributed by atoms with Crippen molar-refractivity contribution in [3.8, 4) is 0 Å². The summed E-state index contributed by atoms with van der Waals surface area (Å²) in [5.74, 6) is -0.411. The number of nitrogens with zero attached hydrogens (tertiary/aromatic N) is 2. The van der Waals surface area contributed by atoms with Crippen molar-refractivity contribution in [1.82, 2.24) is 9.78 Å². The summed E-state index contributed by atoms with van der Waals surface area (Å²) in [4.78, 5) is 24.2. The molecular weight excluding hydrogens is 268 g/mol. The van der Waals surface area contributed by atoms with Crippen LogP contribution in [0.2, 0.25) is 0 Å². The molecule has 1 aliphatic rings. The van der Waals surface area contributed by atoms with Gasteiger partial charge in [-0.05, 0) is 19.9 Å². The predicted molar refractivity (Wildman–Crippen MR) is 76.2 cm³/mol. The number of hydrogen-bond donors (Lipinski definition) is 0. The maximum atomic E-state index is 12.4. The number of ether oxygens (including phenoxy) is 1. The summed E-state index contributed by atoms with van der Waals surface area (Å²) in [5, 5.41) is 4.18. The lowest BCUT2D eigenvalue weighted by atomic mass is 9.99. The largest absolute Gasteiger partial charge is 0.453 e. The van der Waals surface area contributed by atoms with E-state index in [9.17, 15) is 9.59 Å². The normalized spacial score (nSPS) is 16.7. The number of Topliss-reactive ketones (excluding diaryl/α,β-unsaturated/α-hetero) is 1. The average molecular weight is 284 g/mol. The third-order valence-corrected chi connectivity index (χ3v) is 3.85. The number of aryl methyl sites for hydroxylation is 1. The molecule has 3 rings (SSSR count). The molecule has 0 saturated heterocycles. The molecule has 0 spiro atoms. The fourth-order valence-corrected chi connectivity index (χ4v) is 2.69. The van der Waals surface area contributed by atoms with Crippen molar-refractivity contribution >= 4 is 11.8 Å². The van der Waals surface area contributed by atoms with Crippen LogP contribution in [0.15, 0.2) is 30.5 Å². The van der Waals surface area contributed by atoms with Gasteiger partial charge in [-0.2, -0.15) is 5.10 Å². The minimum atomic E-state index is -0.495. The molecule has 0 radical (unpaired) electrons. The number of cyclic esters (lactones) is 1. The third kappa shape index (κ3) is 2.24. The van der Waals surface area contributed by atoms with Crippen molar-refractivity contribution in [2.75, 3.05) is 0 Å². The molecule has 0 amide bonds. The number of hydrogen-bond acceptors (Lipinski definition) is 4. The third-order valence-electron chi connectivity index (χ3n) is 3.85. The summed E-state index contributed by atoms with van der Waals surface area (Å²) < 4.78 is 7.09. The van der Waals surface area contributed by atoms with Gasteiger partial charge in [-0.1, -0.05) is 18.2 Å². The Labute approximate surface area is 122 Å². The summed E-state index contributed by atoms with van der Waals surface area (Å²) in [5.41, 5.74) is 2.78. The molecule has 1 aromatic carbocycles. The lowest BCUT2D eigenvalue weighted by Crippen LogP contribution is -2.09. The van der Waals surface area contributed by atoms with Crippen LogP contribution in [0.5, 0.6) is 0 Å². The number of esters is 1. The molecule has 5 heteroatoms. The predicted octanol–water partition coefficient (Wildman–Crippen LogP) is 2.70. The Hall–Kier alpha value is -2.43. The molecule has 0 fully saturated rings. The number of carbonyl (C=O) groups is 2. The number of aromatic nitrogens is 2. The average Bonchev–Trinajstić information content (AvgIpc) is 3.01. The Morgan fingerprint density at radius 1 is 1.38 bits per heavy atom. The molecule has 2 aromatic rings. The molecule has 0 unspecified atom stereocenters.